The lowest BCUT2D eigenvalue weighted by Crippen LogP contribution is -2.37. The number of ether oxygens (including phenoxy) is 1. The molecule has 0 bridgehead atoms. The van der Waals surface area contributed by atoms with Gasteiger partial charge in [0.2, 0.25) is 5.91 Å². The summed E-state index contributed by atoms with van der Waals surface area (Å²) in [6.07, 6.45) is 0. The normalized spacial score (nSPS) is 10.9. The average Bonchev–Trinajstić information content (AvgIpc) is 2.73. The summed E-state index contributed by atoms with van der Waals surface area (Å²) in [6, 6.07) is 7.18. The number of nitrogens with zero attached hydrogens (tertiary/aromatic N) is 4. The Balaban J connectivity index is 2.35. The Bertz CT molecular complexity index is 1190. The van der Waals surface area contributed by atoms with Crippen LogP contribution in [0.15, 0.2) is 38.9 Å². The lowest BCUT2D eigenvalue weighted by molar-refractivity contribution is -0.118. The molecule has 0 saturated heterocycles. The molecule has 0 aliphatic carbocycles. The van der Waals surface area contributed by atoms with Crippen molar-refractivity contribution in [1.82, 2.24) is 24.4 Å². The highest BCUT2D eigenvalue weighted by molar-refractivity contribution is 8.00. The molecular weight excluding hydrogens is 382 g/mol. The predicted octanol–water partition coefficient (Wildman–Crippen LogP) is 0.541. The zero-order valence-corrected chi connectivity index (χ0v) is 16.7. The van der Waals surface area contributed by atoms with Crippen molar-refractivity contribution >= 4 is 28.7 Å². The Kier molecular flexibility index (Phi) is 5.50. The molecule has 3 aromatic rings. The number of aromatic nitrogens is 4. The number of para-hydroxylation sites is 1. The number of hydrogen-bond donors (Lipinski definition) is 1. The van der Waals surface area contributed by atoms with Gasteiger partial charge >= 0.3 is 5.69 Å². The first-order valence-corrected chi connectivity index (χ1v) is 9.32. The first-order chi connectivity index (χ1) is 13.4. The number of benzene rings is 1. The van der Waals surface area contributed by atoms with Crippen LogP contribution in [0.2, 0.25) is 0 Å². The molecule has 1 amide bonds. The summed E-state index contributed by atoms with van der Waals surface area (Å²) >= 11 is 1.11. The van der Waals surface area contributed by atoms with Gasteiger partial charge in [0.15, 0.2) is 11.5 Å². The van der Waals surface area contributed by atoms with E-state index in [2.05, 4.69) is 15.3 Å². The van der Waals surface area contributed by atoms with E-state index in [9.17, 15) is 14.4 Å². The molecule has 0 aliphatic rings. The number of carbonyl (C=O) groups is 1. The Hall–Kier alpha value is -3.14. The van der Waals surface area contributed by atoms with E-state index in [0.717, 1.165) is 16.3 Å². The van der Waals surface area contributed by atoms with E-state index in [4.69, 9.17) is 4.74 Å². The molecule has 0 saturated carbocycles. The molecule has 10 heteroatoms. The van der Waals surface area contributed by atoms with Crippen molar-refractivity contribution in [2.75, 3.05) is 19.9 Å². The second kappa shape index (κ2) is 7.85. The number of nitrogens with one attached hydrogen (secondary N) is 1. The molecule has 0 fully saturated rings. The SMILES string of the molecule is CNC(=O)CSc1nc(-c2ccccc2OC)nc2c1c(=O)n(C)c(=O)n2C. The third kappa shape index (κ3) is 3.38. The molecule has 0 radical (unpaired) electrons. The van der Waals surface area contributed by atoms with Crippen molar-refractivity contribution in [2.24, 2.45) is 14.1 Å². The molecule has 146 valence electrons. The van der Waals surface area contributed by atoms with E-state index >= 15 is 0 Å². The molecule has 0 spiro atoms. The number of thioether (sulfide) groups is 1. The smallest absolute Gasteiger partial charge is 0.332 e. The first kappa shape index (κ1) is 19.6. The zero-order chi connectivity index (χ0) is 20.4. The van der Waals surface area contributed by atoms with Gasteiger partial charge in [0, 0.05) is 21.1 Å². The van der Waals surface area contributed by atoms with Crippen molar-refractivity contribution in [3.05, 3.63) is 45.1 Å². The average molecular weight is 401 g/mol. The number of hydrogen-bond acceptors (Lipinski definition) is 7. The van der Waals surface area contributed by atoms with Crippen LogP contribution < -0.4 is 21.3 Å². The highest BCUT2D eigenvalue weighted by Gasteiger charge is 2.20. The fourth-order valence-electron chi connectivity index (χ4n) is 2.69. The summed E-state index contributed by atoms with van der Waals surface area (Å²) in [4.78, 5) is 45.8. The largest absolute Gasteiger partial charge is 0.496 e. The molecule has 2 aromatic heterocycles. The summed E-state index contributed by atoms with van der Waals surface area (Å²) in [5, 5.41) is 3.05. The number of aryl methyl sites for hydroxylation is 1. The fraction of sp³-hybridized carbons (Fsp3) is 0.278. The van der Waals surface area contributed by atoms with Crippen LogP contribution in [0, 0.1) is 0 Å². The van der Waals surface area contributed by atoms with Crippen LogP contribution in [-0.4, -0.2) is 44.9 Å². The van der Waals surface area contributed by atoms with Crippen molar-refractivity contribution in [1.29, 1.82) is 0 Å². The molecule has 1 N–H and O–H groups in total. The molecule has 0 unspecified atom stereocenters. The van der Waals surface area contributed by atoms with Gasteiger partial charge < -0.3 is 10.1 Å². The number of carbonyl (C=O) groups excluding carboxylic acids is 1. The molecule has 2 heterocycles. The maximum Gasteiger partial charge on any atom is 0.332 e. The molecule has 1 aromatic carbocycles. The highest BCUT2D eigenvalue weighted by atomic mass is 32.2. The van der Waals surface area contributed by atoms with Crippen molar-refractivity contribution in [3.63, 3.8) is 0 Å². The quantitative estimate of drug-likeness (QED) is 0.491. The fourth-order valence-corrected chi connectivity index (χ4v) is 3.58. The zero-order valence-electron chi connectivity index (χ0n) is 15.8. The minimum atomic E-state index is -0.510. The molecule has 0 atom stereocenters. The summed E-state index contributed by atoms with van der Waals surface area (Å²) in [5.41, 5.74) is -0.196. The Morgan fingerprint density at radius 3 is 2.57 bits per heavy atom. The number of methoxy groups -OCH3 is 1. The Morgan fingerprint density at radius 1 is 1.18 bits per heavy atom. The molecule has 28 heavy (non-hydrogen) atoms. The first-order valence-electron chi connectivity index (χ1n) is 8.33. The van der Waals surface area contributed by atoms with Gasteiger partial charge in [0.1, 0.15) is 16.2 Å². The van der Waals surface area contributed by atoms with Crippen LogP contribution in [0.4, 0.5) is 0 Å². The topological polar surface area (TPSA) is 108 Å². The van der Waals surface area contributed by atoms with E-state index in [1.165, 1.54) is 32.8 Å². The molecule has 3 rings (SSSR count). The second-order valence-corrected chi connectivity index (χ2v) is 6.88. The Labute approximate surface area is 164 Å². The van der Waals surface area contributed by atoms with E-state index in [1.807, 2.05) is 12.1 Å². The van der Waals surface area contributed by atoms with Crippen LogP contribution in [0.3, 0.4) is 0 Å². The maximum absolute atomic E-state index is 12.7. The van der Waals surface area contributed by atoms with Gasteiger partial charge in [0.05, 0.1) is 18.4 Å². The standard InChI is InChI=1S/C18H19N5O4S/c1-19-12(24)9-28-16-13-15(22(2)18(26)23(3)17(13)25)20-14(21-16)10-7-5-6-8-11(10)27-4/h5-8H,9H2,1-4H3,(H,19,24). The van der Waals surface area contributed by atoms with Crippen LogP contribution >= 0.6 is 11.8 Å². The number of fused-ring (bicyclic) bond motifs is 1. The third-order valence-electron chi connectivity index (χ3n) is 4.23. The van der Waals surface area contributed by atoms with Gasteiger partial charge in [-0.2, -0.15) is 0 Å². The van der Waals surface area contributed by atoms with Gasteiger partial charge in [-0.3, -0.25) is 18.7 Å². The van der Waals surface area contributed by atoms with Gasteiger partial charge in [-0.15, -0.1) is 0 Å². The minimum Gasteiger partial charge on any atom is -0.496 e. The van der Waals surface area contributed by atoms with Gasteiger partial charge in [-0.25, -0.2) is 14.8 Å². The predicted molar refractivity (Wildman–Crippen MR) is 107 cm³/mol. The van der Waals surface area contributed by atoms with Crippen molar-refractivity contribution in [2.45, 2.75) is 5.03 Å². The van der Waals surface area contributed by atoms with Crippen LogP contribution in [0.5, 0.6) is 5.75 Å². The summed E-state index contributed by atoms with van der Waals surface area (Å²) in [6.45, 7) is 0. The van der Waals surface area contributed by atoms with Gasteiger partial charge in [0.25, 0.3) is 5.56 Å². The lowest BCUT2D eigenvalue weighted by atomic mass is 10.2. The second-order valence-electron chi connectivity index (χ2n) is 5.92. The van der Waals surface area contributed by atoms with E-state index in [0.29, 0.717) is 22.2 Å². The van der Waals surface area contributed by atoms with Crippen LogP contribution in [0.1, 0.15) is 0 Å². The van der Waals surface area contributed by atoms with Gasteiger partial charge in [-0.05, 0) is 12.1 Å². The van der Waals surface area contributed by atoms with Crippen molar-refractivity contribution < 1.29 is 9.53 Å². The van der Waals surface area contributed by atoms with E-state index in [1.54, 1.807) is 12.1 Å². The molecule has 9 nitrogen and oxygen atoms in total. The molecular formula is C18H19N5O4S. The highest BCUT2D eigenvalue weighted by Crippen LogP contribution is 2.30. The third-order valence-corrected chi connectivity index (χ3v) is 5.21. The van der Waals surface area contributed by atoms with E-state index in [-0.39, 0.29) is 22.7 Å². The number of rotatable bonds is 5. The van der Waals surface area contributed by atoms with Gasteiger partial charge in [-0.1, -0.05) is 23.9 Å². The maximum atomic E-state index is 12.7. The van der Waals surface area contributed by atoms with E-state index < -0.39 is 11.2 Å². The number of amides is 1. The Morgan fingerprint density at radius 2 is 1.89 bits per heavy atom. The van der Waals surface area contributed by atoms with Crippen molar-refractivity contribution in [3.8, 4) is 17.1 Å². The summed E-state index contributed by atoms with van der Waals surface area (Å²) < 4.78 is 7.67. The minimum absolute atomic E-state index is 0.0694. The monoisotopic (exact) mass is 401 g/mol. The summed E-state index contributed by atoms with van der Waals surface area (Å²) in [5.74, 6) is 0.711. The molecule has 0 aliphatic heterocycles. The summed E-state index contributed by atoms with van der Waals surface area (Å²) in [7, 11) is 6.00. The van der Waals surface area contributed by atoms with Crippen LogP contribution in [0.25, 0.3) is 22.4 Å². The van der Waals surface area contributed by atoms with Crippen LogP contribution in [-0.2, 0) is 18.9 Å². The lowest BCUT2D eigenvalue weighted by Gasteiger charge is -2.13.